The number of hydrogen-bond donors (Lipinski definition) is 1. The number of aliphatic carboxylic acids is 1. The second-order valence-corrected chi connectivity index (χ2v) is 7.13. The molecule has 1 atom stereocenters. The van der Waals surface area contributed by atoms with Crippen molar-refractivity contribution in [3.05, 3.63) is 34.9 Å². The van der Waals surface area contributed by atoms with Crippen LogP contribution in [0, 0.1) is 0 Å². The molecule has 1 heterocycles. The minimum absolute atomic E-state index is 0.148. The van der Waals surface area contributed by atoms with Gasteiger partial charge in [-0.3, -0.25) is 14.6 Å². The molecule has 1 N–H and O–H groups in total. The van der Waals surface area contributed by atoms with Crippen molar-refractivity contribution in [2.24, 2.45) is 0 Å². The van der Waals surface area contributed by atoms with Crippen LogP contribution in [0.1, 0.15) is 42.4 Å². The molecule has 1 unspecified atom stereocenters. The van der Waals surface area contributed by atoms with Crippen LogP contribution in [0.3, 0.4) is 0 Å². The van der Waals surface area contributed by atoms with Crippen LogP contribution >= 0.6 is 0 Å². The molecule has 4 nitrogen and oxygen atoms in total. The van der Waals surface area contributed by atoms with Crippen molar-refractivity contribution in [3.8, 4) is 0 Å². The highest BCUT2D eigenvalue weighted by Gasteiger charge is 2.22. The number of aryl methyl sites for hydroxylation is 2. The van der Waals surface area contributed by atoms with Gasteiger partial charge in [0.1, 0.15) is 0 Å². The molecule has 0 amide bonds. The summed E-state index contributed by atoms with van der Waals surface area (Å²) >= 11 is 0. The van der Waals surface area contributed by atoms with Crippen LogP contribution in [-0.2, 0) is 24.2 Å². The van der Waals surface area contributed by atoms with E-state index in [4.69, 9.17) is 5.11 Å². The molecule has 1 saturated heterocycles. The van der Waals surface area contributed by atoms with E-state index >= 15 is 0 Å². The number of benzene rings is 1. The Morgan fingerprint density at radius 3 is 2.87 bits per heavy atom. The van der Waals surface area contributed by atoms with Crippen LogP contribution in [0.4, 0.5) is 0 Å². The standard InChI is InChI=1S/C19H28N2O2/c1-20(14-19(22)23)18-6-3-10-21(11-9-18)13-15-7-8-16-4-2-5-17(16)12-15/h7-8,12,18H,2-6,9-11,13-14H2,1H3,(H,22,23). The van der Waals surface area contributed by atoms with Gasteiger partial charge in [-0.15, -0.1) is 0 Å². The summed E-state index contributed by atoms with van der Waals surface area (Å²) in [4.78, 5) is 15.4. The number of likely N-dealkylation sites (N-methyl/N-ethyl adjacent to an activating group) is 1. The van der Waals surface area contributed by atoms with Gasteiger partial charge in [-0.2, -0.15) is 0 Å². The smallest absolute Gasteiger partial charge is 0.317 e. The predicted molar refractivity (Wildman–Crippen MR) is 91.6 cm³/mol. The van der Waals surface area contributed by atoms with Gasteiger partial charge in [0.15, 0.2) is 0 Å². The number of likely N-dealkylation sites (tertiary alicyclic amines) is 1. The largest absolute Gasteiger partial charge is 0.480 e. The Hall–Kier alpha value is -1.39. The monoisotopic (exact) mass is 316 g/mol. The molecule has 0 saturated carbocycles. The average molecular weight is 316 g/mol. The Bertz CT molecular complexity index is 558. The highest BCUT2D eigenvalue weighted by atomic mass is 16.4. The molecule has 0 radical (unpaired) electrons. The van der Waals surface area contributed by atoms with Gasteiger partial charge in [-0.25, -0.2) is 0 Å². The third-order valence-electron chi connectivity index (χ3n) is 5.37. The summed E-state index contributed by atoms with van der Waals surface area (Å²) in [5.74, 6) is -0.730. The molecule has 1 fully saturated rings. The van der Waals surface area contributed by atoms with Crippen molar-refractivity contribution in [1.29, 1.82) is 0 Å². The maximum Gasteiger partial charge on any atom is 0.317 e. The molecule has 0 aromatic heterocycles. The first kappa shape index (κ1) is 16.5. The Kier molecular flexibility index (Phi) is 5.34. The number of carboxylic acids is 1. The van der Waals surface area contributed by atoms with Gasteiger partial charge in [0.25, 0.3) is 0 Å². The molecular weight excluding hydrogens is 288 g/mol. The molecule has 1 aromatic rings. The fourth-order valence-electron chi connectivity index (χ4n) is 4.06. The number of carbonyl (C=O) groups is 1. The van der Waals surface area contributed by atoms with E-state index in [1.54, 1.807) is 11.1 Å². The van der Waals surface area contributed by atoms with Gasteiger partial charge in [0.05, 0.1) is 6.54 Å². The first-order valence-electron chi connectivity index (χ1n) is 8.87. The van der Waals surface area contributed by atoms with E-state index in [-0.39, 0.29) is 6.54 Å². The van der Waals surface area contributed by atoms with Crippen molar-refractivity contribution in [2.45, 2.75) is 51.1 Å². The summed E-state index contributed by atoms with van der Waals surface area (Å²) in [5, 5.41) is 8.96. The van der Waals surface area contributed by atoms with E-state index < -0.39 is 5.97 Å². The van der Waals surface area contributed by atoms with E-state index in [2.05, 4.69) is 23.1 Å². The van der Waals surface area contributed by atoms with E-state index in [1.807, 2.05) is 11.9 Å². The van der Waals surface area contributed by atoms with Crippen LogP contribution in [0.15, 0.2) is 18.2 Å². The van der Waals surface area contributed by atoms with Crippen molar-refractivity contribution >= 4 is 5.97 Å². The molecule has 2 aliphatic rings. The maximum atomic E-state index is 10.9. The first-order valence-corrected chi connectivity index (χ1v) is 8.87. The van der Waals surface area contributed by atoms with E-state index in [0.717, 1.165) is 38.9 Å². The van der Waals surface area contributed by atoms with E-state index in [1.165, 1.54) is 24.8 Å². The van der Waals surface area contributed by atoms with Crippen LogP contribution in [0.2, 0.25) is 0 Å². The third kappa shape index (κ3) is 4.33. The second-order valence-electron chi connectivity index (χ2n) is 7.13. The summed E-state index contributed by atoms with van der Waals surface area (Å²) < 4.78 is 0. The SMILES string of the molecule is CN(CC(=O)O)C1CCCN(Cc2ccc3c(c2)CCC3)CC1. The molecule has 4 heteroatoms. The summed E-state index contributed by atoms with van der Waals surface area (Å²) in [6.45, 7) is 3.36. The molecule has 1 aromatic carbocycles. The highest BCUT2D eigenvalue weighted by molar-refractivity contribution is 5.69. The quantitative estimate of drug-likeness (QED) is 0.907. The normalized spacial score (nSPS) is 22.1. The lowest BCUT2D eigenvalue weighted by molar-refractivity contribution is -0.138. The highest BCUT2D eigenvalue weighted by Crippen LogP contribution is 2.24. The Morgan fingerprint density at radius 2 is 2.04 bits per heavy atom. The lowest BCUT2D eigenvalue weighted by Crippen LogP contribution is -2.36. The molecule has 1 aliphatic carbocycles. The van der Waals surface area contributed by atoms with Crippen molar-refractivity contribution in [2.75, 3.05) is 26.7 Å². The predicted octanol–water partition coefficient (Wildman–Crippen LogP) is 2.55. The van der Waals surface area contributed by atoms with E-state index in [9.17, 15) is 4.79 Å². The zero-order valence-corrected chi connectivity index (χ0v) is 14.1. The summed E-state index contributed by atoms with van der Waals surface area (Å²) in [6.07, 6.45) is 7.11. The minimum atomic E-state index is -0.730. The van der Waals surface area contributed by atoms with Gasteiger partial charge in [0, 0.05) is 12.6 Å². The number of fused-ring (bicyclic) bond motifs is 1. The number of nitrogens with zero attached hydrogens (tertiary/aromatic N) is 2. The van der Waals surface area contributed by atoms with Crippen molar-refractivity contribution in [1.82, 2.24) is 9.80 Å². The molecular formula is C19H28N2O2. The molecule has 126 valence electrons. The molecule has 0 bridgehead atoms. The summed E-state index contributed by atoms with van der Waals surface area (Å²) in [7, 11) is 1.94. The summed E-state index contributed by atoms with van der Waals surface area (Å²) in [6, 6.07) is 7.42. The minimum Gasteiger partial charge on any atom is -0.480 e. The topological polar surface area (TPSA) is 43.8 Å². The van der Waals surface area contributed by atoms with Crippen LogP contribution in [0.25, 0.3) is 0 Å². The fourth-order valence-corrected chi connectivity index (χ4v) is 4.06. The summed E-state index contributed by atoms with van der Waals surface area (Å²) in [5.41, 5.74) is 4.53. The van der Waals surface area contributed by atoms with Gasteiger partial charge >= 0.3 is 5.97 Å². The third-order valence-corrected chi connectivity index (χ3v) is 5.37. The zero-order chi connectivity index (χ0) is 16.2. The van der Waals surface area contributed by atoms with Crippen LogP contribution in [0.5, 0.6) is 0 Å². The lowest BCUT2D eigenvalue weighted by Gasteiger charge is -2.25. The first-order chi connectivity index (χ1) is 11.1. The molecule has 23 heavy (non-hydrogen) atoms. The lowest BCUT2D eigenvalue weighted by atomic mass is 10.1. The Labute approximate surface area is 139 Å². The van der Waals surface area contributed by atoms with Crippen LogP contribution < -0.4 is 0 Å². The Morgan fingerprint density at radius 1 is 1.22 bits per heavy atom. The number of rotatable bonds is 5. The Balaban J connectivity index is 1.55. The van der Waals surface area contributed by atoms with Gasteiger partial charge < -0.3 is 5.11 Å². The molecule has 0 spiro atoms. The molecule has 3 rings (SSSR count). The van der Waals surface area contributed by atoms with E-state index in [0.29, 0.717) is 6.04 Å². The average Bonchev–Trinajstić information content (AvgIpc) is 2.84. The van der Waals surface area contributed by atoms with Gasteiger partial charge in [-0.05, 0) is 75.4 Å². The van der Waals surface area contributed by atoms with Crippen molar-refractivity contribution < 1.29 is 9.90 Å². The number of hydrogen-bond acceptors (Lipinski definition) is 3. The fraction of sp³-hybridized carbons (Fsp3) is 0.632. The van der Waals surface area contributed by atoms with Gasteiger partial charge in [-0.1, -0.05) is 18.2 Å². The van der Waals surface area contributed by atoms with Gasteiger partial charge in [0.2, 0.25) is 0 Å². The maximum absolute atomic E-state index is 10.9. The van der Waals surface area contributed by atoms with Crippen molar-refractivity contribution in [3.63, 3.8) is 0 Å². The molecule has 1 aliphatic heterocycles. The second kappa shape index (κ2) is 7.45. The zero-order valence-electron chi connectivity index (χ0n) is 14.1. The number of carboxylic acid groups (broad SMARTS) is 1. The van der Waals surface area contributed by atoms with Crippen LogP contribution in [-0.4, -0.2) is 53.6 Å².